The third-order valence-corrected chi connectivity index (χ3v) is 5.27. The van der Waals surface area contributed by atoms with Gasteiger partial charge in [0.1, 0.15) is 23.4 Å². The van der Waals surface area contributed by atoms with Crippen LogP contribution in [0.1, 0.15) is 84.9 Å². The Labute approximate surface area is 204 Å². The van der Waals surface area contributed by atoms with Crippen molar-refractivity contribution in [3.63, 3.8) is 0 Å². The van der Waals surface area contributed by atoms with Crippen molar-refractivity contribution >= 4 is 17.9 Å². The minimum Gasteiger partial charge on any atom is -0.507 e. The van der Waals surface area contributed by atoms with Gasteiger partial charge in [-0.05, 0) is 58.9 Å². The lowest BCUT2D eigenvalue weighted by Gasteiger charge is -2.34. The highest BCUT2D eigenvalue weighted by Gasteiger charge is 2.37. The number of nitrogens with one attached hydrogen (secondary N) is 2. The molecule has 1 rings (SSSR count). The zero-order valence-electron chi connectivity index (χ0n) is 22.0. The molecular weight excluding hydrogens is 434 g/mol. The summed E-state index contributed by atoms with van der Waals surface area (Å²) in [5.74, 6) is -0.694. The van der Waals surface area contributed by atoms with Crippen LogP contribution in [0, 0.1) is 12.8 Å². The van der Waals surface area contributed by atoms with Gasteiger partial charge in [-0.2, -0.15) is 0 Å². The van der Waals surface area contributed by atoms with Gasteiger partial charge in [-0.25, -0.2) is 4.79 Å². The smallest absolute Gasteiger partial charge is 0.408 e. The maximum atomic E-state index is 13.8. The molecule has 0 aliphatic rings. The van der Waals surface area contributed by atoms with Gasteiger partial charge in [0.15, 0.2) is 0 Å². The number of hydrogen-bond acceptors (Lipinski definition) is 5. The highest BCUT2D eigenvalue weighted by Crippen LogP contribution is 2.32. The second kappa shape index (κ2) is 13.2. The maximum Gasteiger partial charge on any atom is 0.408 e. The Kier molecular flexibility index (Phi) is 11.4. The predicted octanol–water partition coefficient (Wildman–Crippen LogP) is 4.45. The molecule has 1 aromatic rings. The average molecular weight is 478 g/mol. The molecule has 1 aromatic carbocycles. The van der Waals surface area contributed by atoms with Crippen molar-refractivity contribution in [2.75, 3.05) is 13.1 Å². The number of aromatic hydroxyl groups is 1. The van der Waals surface area contributed by atoms with E-state index < -0.39 is 29.7 Å². The number of nitrogens with zero attached hydrogens (tertiary/aromatic N) is 1. The summed E-state index contributed by atoms with van der Waals surface area (Å²) in [5.41, 5.74) is 0.248. The fourth-order valence-electron chi connectivity index (χ4n) is 3.65. The van der Waals surface area contributed by atoms with Crippen LogP contribution in [0.2, 0.25) is 0 Å². The predicted molar refractivity (Wildman–Crippen MR) is 134 cm³/mol. The molecule has 2 atom stereocenters. The van der Waals surface area contributed by atoms with Crippen molar-refractivity contribution in [1.82, 2.24) is 15.5 Å². The van der Waals surface area contributed by atoms with Crippen LogP contribution >= 0.6 is 0 Å². The van der Waals surface area contributed by atoms with Gasteiger partial charge in [-0.1, -0.05) is 45.4 Å². The lowest BCUT2D eigenvalue weighted by Crippen LogP contribution is -2.53. The molecule has 0 saturated carbocycles. The minimum absolute atomic E-state index is 0.0232. The zero-order valence-corrected chi connectivity index (χ0v) is 22.0. The molecule has 0 spiro atoms. The van der Waals surface area contributed by atoms with Crippen LogP contribution in [0.5, 0.6) is 5.75 Å². The van der Waals surface area contributed by atoms with Gasteiger partial charge < -0.3 is 25.4 Å². The Hall–Kier alpha value is -2.77. The van der Waals surface area contributed by atoms with Crippen molar-refractivity contribution in [1.29, 1.82) is 0 Å². The van der Waals surface area contributed by atoms with Gasteiger partial charge in [0.25, 0.3) is 0 Å². The first-order valence-corrected chi connectivity index (χ1v) is 12.2. The van der Waals surface area contributed by atoms with Crippen LogP contribution in [0.3, 0.4) is 0 Å². The van der Waals surface area contributed by atoms with Gasteiger partial charge in [0.2, 0.25) is 11.8 Å². The number of likely N-dealkylation sites (N-methyl/N-ethyl adjacent to an activating group) is 1. The topological polar surface area (TPSA) is 108 Å². The summed E-state index contributed by atoms with van der Waals surface area (Å²) in [7, 11) is 0. The normalized spacial score (nSPS) is 13.2. The minimum atomic E-state index is -1.04. The molecule has 3 N–H and O–H groups in total. The first-order chi connectivity index (χ1) is 15.8. The van der Waals surface area contributed by atoms with E-state index in [1.807, 2.05) is 20.8 Å². The van der Waals surface area contributed by atoms with Crippen LogP contribution in [-0.4, -0.2) is 52.6 Å². The Morgan fingerprint density at radius 1 is 1.15 bits per heavy atom. The number of phenolic OH excluding ortho intramolecular Hbond substituents is 1. The summed E-state index contributed by atoms with van der Waals surface area (Å²) in [6, 6.07) is 3.23. The SMILES string of the molecule is CCCCNC(=O)C(c1cccc(C)c1O)N(CC)C(=O)C(CC(C)C)NC(=O)OC(C)(C)C. The Morgan fingerprint density at radius 2 is 1.79 bits per heavy atom. The second-order valence-electron chi connectivity index (χ2n) is 10.0. The van der Waals surface area contributed by atoms with Crippen LogP contribution in [-0.2, 0) is 14.3 Å². The molecule has 2 unspecified atom stereocenters. The molecule has 192 valence electrons. The number of benzene rings is 1. The van der Waals surface area contributed by atoms with Gasteiger partial charge in [-0.15, -0.1) is 0 Å². The molecule has 0 fully saturated rings. The molecule has 0 bridgehead atoms. The monoisotopic (exact) mass is 477 g/mol. The standard InChI is InChI=1S/C26H43N3O5/c1-9-11-15-27-23(31)21(19-14-12-13-18(5)22(19)30)29(10-2)24(32)20(16-17(3)4)28-25(33)34-26(6,7)8/h12-14,17,20-21,30H,9-11,15-16H2,1-8H3,(H,27,31)(H,28,33). The van der Waals surface area contributed by atoms with Crippen molar-refractivity contribution < 1.29 is 24.2 Å². The molecule has 0 saturated heterocycles. The number of alkyl carbamates (subject to hydrolysis) is 1. The van der Waals surface area contributed by atoms with E-state index in [-0.39, 0.29) is 24.1 Å². The summed E-state index contributed by atoms with van der Waals surface area (Å²) in [6.07, 6.45) is 1.39. The van der Waals surface area contributed by atoms with Gasteiger partial charge in [0.05, 0.1) is 0 Å². The highest BCUT2D eigenvalue weighted by molar-refractivity contribution is 5.92. The number of carbonyl (C=O) groups is 3. The van der Waals surface area contributed by atoms with Crippen LogP contribution in [0.4, 0.5) is 4.79 Å². The molecule has 8 heteroatoms. The molecular formula is C26H43N3O5. The highest BCUT2D eigenvalue weighted by atomic mass is 16.6. The van der Waals surface area contributed by atoms with Crippen LogP contribution < -0.4 is 10.6 Å². The first-order valence-electron chi connectivity index (χ1n) is 12.2. The molecule has 34 heavy (non-hydrogen) atoms. The average Bonchev–Trinajstić information content (AvgIpc) is 2.71. The number of rotatable bonds is 11. The Morgan fingerprint density at radius 3 is 2.32 bits per heavy atom. The summed E-state index contributed by atoms with van der Waals surface area (Å²) in [6.45, 7) is 15.4. The van der Waals surface area contributed by atoms with Crippen molar-refractivity contribution in [2.24, 2.45) is 5.92 Å². The molecule has 8 nitrogen and oxygen atoms in total. The summed E-state index contributed by atoms with van der Waals surface area (Å²) in [5, 5.41) is 16.4. The van der Waals surface area contributed by atoms with E-state index >= 15 is 0 Å². The number of amides is 3. The van der Waals surface area contributed by atoms with E-state index in [1.165, 1.54) is 4.90 Å². The second-order valence-corrected chi connectivity index (χ2v) is 10.0. The molecule has 0 aliphatic carbocycles. The van der Waals surface area contributed by atoms with E-state index in [2.05, 4.69) is 10.6 Å². The van der Waals surface area contributed by atoms with Crippen molar-refractivity contribution in [3.05, 3.63) is 29.3 Å². The number of aryl methyl sites for hydroxylation is 1. The van der Waals surface area contributed by atoms with E-state index in [4.69, 9.17) is 4.74 Å². The number of hydrogen-bond donors (Lipinski definition) is 3. The number of carbonyl (C=O) groups excluding carboxylic acids is 3. The van der Waals surface area contributed by atoms with E-state index in [9.17, 15) is 19.5 Å². The number of para-hydroxylation sites is 1. The van der Waals surface area contributed by atoms with Crippen molar-refractivity contribution in [3.8, 4) is 5.75 Å². The summed E-state index contributed by atoms with van der Waals surface area (Å²) in [4.78, 5) is 41.0. The zero-order chi connectivity index (χ0) is 26.1. The van der Waals surface area contributed by atoms with Gasteiger partial charge >= 0.3 is 6.09 Å². The lowest BCUT2D eigenvalue weighted by atomic mass is 9.97. The number of unbranched alkanes of at least 4 members (excludes halogenated alkanes) is 1. The molecule has 3 amide bonds. The van der Waals surface area contributed by atoms with Crippen LogP contribution in [0.15, 0.2) is 18.2 Å². The largest absolute Gasteiger partial charge is 0.507 e. The third kappa shape index (κ3) is 8.88. The summed E-state index contributed by atoms with van der Waals surface area (Å²) < 4.78 is 5.37. The van der Waals surface area contributed by atoms with E-state index in [0.717, 1.165) is 12.8 Å². The number of ether oxygens (including phenoxy) is 1. The molecule has 0 heterocycles. The lowest BCUT2D eigenvalue weighted by molar-refractivity contribution is -0.142. The quantitative estimate of drug-likeness (QED) is 0.408. The number of phenols is 1. The maximum absolute atomic E-state index is 13.8. The molecule has 0 aliphatic heterocycles. The van der Waals surface area contributed by atoms with E-state index in [0.29, 0.717) is 24.1 Å². The fourth-order valence-corrected chi connectivity index (χ4v) is 3.65. The summed E-state index contributed by atoms with van der Waals surface area (Å²) >= 11 is 0. The van der Waals surface area contributed by atoms with Crippen molar-refractivity contribution in [2.45, 2.75) is 92.3 Å². The van der Waals surface area contributed by atoms with E-state index in [1.54, 1.807) is 52.8 Å². The van der Waals surface area contributed by atoms with Gasteiger partial charge in [0, 0.05) is 18.7 Å². The van der Waals surface area contributed by atoms with Gasteiger partial charge in [-0.3, -0.25) is 9.59 Å². The Balaban J connectivity index is 3.38. The fraction of sp³-hybridized carbons (Fsp3) is 0.654. The van der Waals surface area contributed by atoms with Crippen LogP contribution in [0.25, 0.3) is 0 Å². The third-order valence-electron chi connectivity index (χ3n) is 5.27. The molecule has 0 aromatic heterocycles. The molecule has 0 radical (unpaired) electrons. The Bertz CT molecular complexity index is 832. The first kappa shape index (κ1) is 29.3.